The molecule has 0 radical (unpaired) electrons. The van der Waals surface area contributed by atoms with Gasteiger partial charge in [0.1, 0.15) is 0 Å². The molecule has 0 heterocycles. The van der Waals surface area contributed by atoms with E-state index in [0.717, 1.165) is 31.6 Å². The van der Waals surface area contributed by atoms with E-state index in [1.165, 1.54) is 89.9 Å². The maximum atomic E-state index is 11.5. The van der Waals surface area contributed by atoms with Crippen molar-refractivity contribution in [2.24, 2.45) is 5.92 Å². The van der Waals surface area contributed by atoms with Gasteiger partial charge in [-0.15, -0.1) is 0 Å². The number of carbonyl (C=O) groups excluding carboxylic acids is 1. The molecule has 0 aliphatic carbocycles. The van der Waals surface area contributed by atoms with E-state index >= 15 is 0 Å². The summed E-state index contributed by atoms with van der Waals surface area (Å²) in [5, 5.41) is 0. The standard InChI is InChI=1S/C27H52O3/c1-4-5-6-7-8-9-10-11-12-13-14-15-16-17-18-21-24-29-27(28)30-25-22-19-20-23-26(2)3/h11-12,26H,4-10,13-25H2,1-3H3/b12-11-. The smallest absolute Gasteiger partial charge is 0.434 e. The van der Waals surface area contributed by atoms with E-state index in [2.05, 4.69) is 32.9 Å². The van der Waals surface area contributed by atoms with E-state index in [0.29, 0.717) is 13.2 Å². The first-order valence-electron chi connectivity index (χ1n) is 13.1. The SMILES string of the molecule is CCCCCCCC/C=C\CCCCCCCCOC(=O)OCCCCCC(C)C. The number of rotatable bonds is 22. The summed E-state index contributed by atoms with van der Waals surface area (Å²) in [6.07, 6.45) is 26.8. The topological polar surface area (TPSA) is 35.5 Å². The number of hydrogen-bond acceptors (Lipinski definition) is 3. The molecule has 0 fully saturated rings. The Balaban J connectivity index is 3.19. The minimum absolute atomic E-state index is 0.490. The molecule has 0 saturated carbocycles. The van der Waals surface area contributed by atoms with Crippen LogP contribution in [0.5, 0.6) is 0 Å². The van der Waals surface area contributed by atoms with Crippen molar-refractivity contribution in [3.05, 3.63) is 12.2 Å². The van der Waals surface area contributed by atoms with Gasteiger partial charge in [0.2, 0.25) is 0 Å². The second kappa shape index (κ2) is 24.3. The lowest BCUT2D eigenvalue weighted by molar-refractivity contribution is 0.0528. The molecule has 0 aromatic carbocycles. The highest BCUT2D eigenvalue weighted by atomic mass is 16.7. The largest absolute Gasteiger partial charge is 0.508 e. The molecule has 0 bridgehead atoms. The van der Waals surface area contributed by atoms with Gasteiger partial charge in [0, 0.05) is 0 Å². The van der Waals surface area contributed by atoms with Crippen molar-refractivity contribution in [1.29, 1.82) is 0 Å². The third-order valence-corrected chi connectivity index (χ3v) is 5.52. The van der Waals surface area contributed by atoms with Crippen LogP contribution in [0.4, 0.5) is 4.79 Å². The van der Waals surface area contributed by atoms with Crippen molar-refractivity contribution in [2.45, 2.75) is 136 Å². The number of unbranched alkanes of at least 4 members (excludes halogenated alkanes) is 14. The highest BCUT2D eigenvalue weighted by molar-refractivity contribution is 5.59. The zero-order valence-electron chi connectivity index (χ0n) is 20.6. The Labute approximate surface area is 188 Å². The summed E-state index contributed by atoms with van der Waals surface area (Å²) in [7, 11) is 0. The summed E-state index contributed by atoms with van der Waals surface area (Å²) >= 11 is 0. The molecule has 0 spiro atoms. The molecule has 0 saturated heterocycles. The van der Waals surface area contributed by atoms with E-state index in [1.807, 2.05) is 0 Å². The molecule has 30 heavy (non-hydrogen) atoms. The lowest BCUT2D eigenvalue weighted by Crippen LogP contribution is -2.09. The van der Waals surface area contributed by atoms with E-state index in [-0.39, 0.29) is 0 Å². The summed E-state index contributed by atoms with van der Waals surface area (Å²) in [6.45, 7) is 7.74. The van der Waals surface area contributed by atoms with E-state index < -0.39 is 6.16 Å². The predicted molar refractivity (Wildman–Crippen MR) is 130 cm³/mol. The normalized spacial score (nSPS) is 11.5. The number of ether oxygens (including phenoxy) is 2. The highest BCUT2D eigenvalue weighted by Crippen LogP contribution is 2.10. The van der Waals surface area contributed by atoms with Gasteiger partial charge in [0.05, 0.1) is 13.2 Å². The van der Waals surface area contributed by atoms with Crippen molar-refractivity contribution >= 4 is 6.16 Å². The average molecular weight is 425 g/mol. The van der Waals surface area contributed by atoms with Gasteiger partial charge in [-0.25, -0.2) is 4.79 Å². The van der Waals surface area contributed by atoms with Gasteiger partial charge >= 0.3 is 6.16 Å². The molecule has 0 N–H and O–H groups in total. The number of hydrogen-bond donors (Lipinski definition) is 0. The van der Waals surface area contributed by atoms with Crippen LogP contribution in [0.3, 0.4) is 0 Å². The van der Waals surface area contributed by atoms with Gasteiger partial charge in [-0.1, -0.05) is 110 Å². The summed E-state index contributed by atoms with van der Waals surface area (Å²) in [5.74, 6) is 0.757. The fourth-order valence-electron chi connectivity index (χ4n) is 3.53. The van der Waals surface area contributed by atoms with Gasteiger partial charge < -0.3 is 9.47 Å². The second-order valence-corrected chi connectivity index (χ2v) is 9.13. The van der Waals surface area contributed by atoms with Crippen LogP contribution in [0.15, 0.2) is 12.2 Å². The minimum Gasteiger partial charge on any atom is -0.434 e. The van der Waals surface area contributed by atoms with Gasteiger partial charge in [0.15, 0.2) is 0 Å². The third kappa shape index (κ3) is 25.0. The summed E-state index contributed by atoms with van der Waals surface area (Å²) in [5.41, 5.74) is 0. The zero-order chi connectivity index (χ0) is 22.1. The predicted octanol–water partition coefficient (Wildman–Crippen LogP) is 9.39. The van der Waals surface area contributed by atoms with Gasteiger partial charge in [0.25, 0.3) is 0 Å². The molecule has 0 aliphatic heterocycles. The molecule has 3 nitrogen and oxygen atoms in total. The van der Waals surface area contributed by atoms with Crippen LogP contribution in [0.2, 0.25) is 0 Å². The summed E-state index contributed by atoms with van der Waals surface area (Å²) < 4.78 is 10.2. The summed E-state index contributed by atoms with van der Waals surface area (Å²) in [4.78, 5) is 11.5. The molecule has 178 valence electrons. The Morgan fingerprint density at radius 2 is 1.07 bits per heavy atom. The second-order valence-electron chi connectivity index (χ2n) is 9.13. The molecule has 0 aromatic heterocycles. The van der Waals surface area contributed by atoms with Crippen LogP contribution in [-0.4, -0.2) is 19.4 Å². The monoisotopic (exact) mass is 424 g/mol. The lowest BCUT2D eigenvalue weighted by Gasteiger charge is -2.07. The first-order chi connectivity index (χ1) is 14.7. The first kappa shape index (κ1) is 29.0. The van der Waals surface area contributed by atoms with Gasteiger partial charge in [-0.2, -0.15) is 0 Å². The lowest BCUT2D eigenvalue weighted by atomic mass is 10.1. The van der Waals surface area contributed by atoms with Crippen LogP contribution in [-0.2, 0) is 9.47 Å². The fraction of sp³-hybridized carbons (Fsp3) is 0.889. The van der Waals surface area contributed by atoms with Gasteiger partial charge in [-0.3, -0.25) is 0 Å². The van der Waals surface area contributed by atoms with Crippen molar-refractivity contribution in [3.8, 4) is 0 Å². The molecule has 0 atom stereocenters. The molecular weight excluding hydrogens is 372 g/mol. The Bertz CT molecular complexity index is 376. The molecule has 0 aliphatic rings. The minimum atomic E-state index is -0.494. The average Bonchev–Trinajstić information content (AvgIpc) is 2.72. The van der Waals surface area contributed by atoms with Crippen molar-refractivity contribution < 1.29 is 14.3 Å². The molecule has 0 rings (SSSR count). The van der Waals surface area contributed by atoms with E-state index in [4.69, 9.17) is 9.47 Å². The Kier molecular flexibility index (Phi) is 23.5. The maximum Gasteiger partial charge on any atom is 0.508 e. The zero-order valence-corrected chi connectivity index (χ0v) is 20.6. The molecule has 0 unspecified atom stereocenters. The van der Waals surface area contributed by atoms with Crippen molar-refractivity contribution in [1.82, 2.24) is 0 Å². The van der Waals surface area contributed by atoms with Crippen LogP contribution >= 0.6 is 0 Å². The van der Waals surface area contributed by atoms with Crippen LogP contribution in [0, 0.1) is 5.92 Å². The third-order valence-electron chi connectivity index (χ3n) is 5.52. The quantitative estimate of drug-likeness (QED) is 0.0986. The van der Waals surface area contributed by atoms with E-state index in [9.17, 15) is 4.79 Å². The van der Waals surface area contributed by atoms with Crippen LogP contribution in [0.1, 0.15) is 136 Å². The van der Waals surface area contributed by atoms with Gasteiger partial charge in [-0.05, 0) is 44.4 Å². The van der Waals surface area contributed by atoms with Crippen molar-refractivity contribution in [3.63, 3.8) is 0 Å². The Morgan fingerprint density at radius 1 is 0.633 bits per heavy atom. The number of carbonyl (C=O) groups is 1. The maximum absolute atomic E-state index is 11.5. The Morgan fingerprint density at radius 3 is 1.57 bits per heavy atom. The van der Waals surface area contributed by atoms with Crippen molar-refractivity contribution in [2.75, 3.05) is 13.2 Å². The summed E-state index contributed by atoms with van der Waals surface area (Å²) in [6, 6.07) is 0. The Hall–Kier alpha value is -0.990. The number of allylic oxidation sites excluding steroid dienone is 2. The molecule has 0 amide bonds. The van der Waals surface area contributed by atoms with Crippen LogP contribution < -0.4 is 0 Å². The van der Waals surface area contributed by atoms with E-state index in [1.54, 1.807) is 0 Å². The molecule has 0 aromatic rings. The molecular formula is C27H52O3. The highest BCUT2D eigenvalue weighted by Gasteiger charge is 2.03. The first-order valence-corrected chi connectivity index (χ1v) is 13.1. The fourth-order valence-corrected chi connectivity index (χ4v) is 3.53. The van der Waals surface area contributed by atoms with Crippen LogP contribution in [0.25, 0.3) is 0 Å². The molecule has 3 heteroatoms.